The van der Waals surface area contributed by atoms with E-state index >= 15 is 0 Å². The fourth-order valence-corrected chi connectivity index (χ4v) is 2.20. The van der Waals surface area contributed by atoms with E-state index in [0.29, 0.717) is 0 Å². The predicted octanol–water partition coefficient (Wildman–Crippen LogP) is 3.35. The van der Waals surface area contributed by atoms with Gasteiger partial charge in [-0.15, -0.1) is 11.8 Å². The quantitative estimate of drug-likeness (QED) is 0.430. The molecule has 18 heavy (non-hydrogen) atoms. The van der Waals surface area contributed by atoms with Crippen molar-refractivity contribution in [3.8, 4) is 5.75 Å². The highest BCUT2D eigenvalue weighted by Crippen LogP contribution is 2.23. The third kappa shape index (κ3) is 5.12. The SMILES string of the molecule is COc1ccc(SC/C(C)=C/C(OC)OC)cc1. The zero-order valence-corrected chi connectivity index (χ0v) is 12.1. The highest BCUT2D eigenvalue weighted by atomic mass is 32.2. The van der Waals surface area contributed by atoms with Gasteiger partial charge in [-0.1, -0.05) is 5.57 Å². The summed E-state index contributed by atoms with van der Waals surface area (Å²) in [5.41, 5.74) is 1.23. The van der Waals surface area contributed by atoms with Crippen LogP contribution < -0.4 is 4.74 Å². The van der Waals surface area contributed by atoms with Gasteiger partial charge in [0.15, 0.2) is 6.29 Å². The van der Waals surface area contributed by atoms with Gasteiger partial charge >= 0.3 is 0 Å². The molecule has 0 amide bonds. The first-order chi connectivity index (χ1) is 8.69. The lowest BCUT2D eigenvalue weighted by molar-refractivity contribution is -0.0670. The van der Waals surface area contributed by atoms with Crippen LogP contribution in [0.3, 0.4) is 0 Å². The molecule has 1 aromatic carbocycles. The largest absolute Gasteiger partial charge is 0.497 e. The maximum absolute atomic E-state index is 5.13. The maximum atomic E-state index is 5.13. The first-order valence-electron chi connectivity index (χ1n) is 5.69. The fraction of sp³-hybridized carbons (Fsp3) is 0.429. The van der Waals surface area contributed by atoms with Crippen LogP contribution in [-0.2, 0) is 9.47 Å². The summed E-state index contributed by atoms with van der Waals surface area (Å²) in [6, 6.07) is 8.05. The molecule has 0 aliphatic carbocycles. The Kier molecular flexibility index (Phi) is 6.86. The van der Waals surface area contributed by atoms with Gasteiger partial charge in [0.2, 0.25) is 0 Å². The van der Waals surface area contributed by atoms with Crippen LogP contribution in [0, 0.1) is 0 Å². The molecule has 0 atom stereocenters. The summed E-state index contributed by atoms with van der Waals surface area (Å²) in [5, 5.41) is 0. The Morgan fingerprint density at radius 1 is 1.17 bits per heavy atom. The van der Waals surface area contributed by atoms with Crippen molar-refractivity contribution in [3.05, 3.63) is 35.9 Å². The molecule has 0 saturated heterocycles. The zero-order valence-electron chi connectivity index (χ0n) is 11.3. The number of rotatable bonds is 7. The van der Waals surface area contributed by atoms with Crippen LogP contribution in [0.2, 0.25) is 0 Å². The van der Waals surface area contributed by atoms with E-state index in [2.05, 4.69) is 19.1 Å². The van der Waals surface area contributed by atoms with Crippen molar-refractivity contribution in [2.75, 3.05) is 27.1 Å². The summed E-state index contributed by atoms with van der Waals surface area (Å²) in [6.45, 7) is 2.07. The van der Waals surface area contributed by atoms with Crippen LogP contribution in [0.25, 0.3) is 0 Å². The molecule has 0 aliphatic heterocycles. The Morgan fingerprint density at radius 3 is 2.28 bits per heavy atom. The molecule has 0 heterocycles. The van der Waals surface area contributed by atoms with Crippen molar-refractivity contribution < 1.29 is 14.2 Å². The van der Waals surface area contributed by atoms with E-state index in [1.807, 2.05) is 18.2 Å². The summed E-state index contributed by atoms with van der Waals surface area (Å²) >= 11 is 1.78. The summed E-state index contributed by atoms with van der Waals surface area (Å²) in [5.74, 6) is 1.79. The molecule has 0 radical (unpaired) electrons. The molecule has 0 N–H and O–H groups in total. The maximum Gasteiger partial charge on any atom is 0.176 e. The van der Waals surface area contributed by atoms with Crippen molar-refractivity contribution in [2.45, 2.75) is 18.1 Å². The van der Waals surface area contributed by atoms with Gasteiger partial charge < -0.3 is 14.2 Å². The molecule has 0 aromatic heterocycles. The van der Waals surface area contributed by atoms with Gasteiger partial charge in [0.05, 0.1) is 7.11 Å². The monoisotopic (exact) mass is 268 g/mol. The highest BCUT2D eigenvalue weighted by molar-refractivity contribution is 7.99. The third-order valence-corrected chi connectivity index (χ3v) is 3.62. The molecule has 0 spiro atoms. The Balaban J connectivity index is 2.48. The number of benzene rings is 1. The lowest BCUT2D eigenvalue weighted by Crippen LogP contribution is -2.09. The van der Waals surface area contributed by atoms with Crippen LogP contribution in [0.5, 0.6) is 5.75 Å². The zero-order chi connectivity index (χ0) is 13.4. The van der Waals surface area contributed by atoms with Gasteiger partial charge in [-0.3, -0.25) is 0 Å². The average molecular weight is 268 g/mol. The summed E-state index contributed by atoms with van der Waals surface area (Å²) in [7, 11) is 4.94. The van der Waals surface area contributed by atoms with Crippen LogP contribution in [0.1, 0.15) is 6.92 Å². The first-order valence-corrected chi connectivity index (χ1v) is 6.68. The average Bonchev–Trinajstić information content (AvgIpc) is 2.43. The van der Waals surface area contributed by atoms with Crippen LogP contribution >= 0.6 is 11.8 Å². The topological polar surface area (TPSA) is 27.7 Å². The van der Waals surface area contributed by atoms with Gasteiger partial charge in [-0.2, -0.15) is 0 Å². The number of hydrogen-bond acceptors (Lipinski definition) is 4. The van der Waals surface area contributed by atoms with Gasteiger partial charge in [0.1, 0.15) is 5.75 Å². The third-order valence-electron chi connectivity index (χ3n) is 2.41. The summed E-state index contributed by atoms with van der Waals surface area (Å²) in [6.07, 6.45) is 1.72. The van der Waals surface area contributed by atoms with Gasteiger partial charge in [-0.25, -0.2) is 0 Å². The summed E-state index contributed by atoms with van der Waals surface area (Å²) in [4.78, 5) is 1.22. The second kappa shape index (κ2) is 8.19. The van der Waals surface area contributed by atoms with Gasteiger partial charge in [0.25, 0.3) is 0 Å². The van der Waals surface area contributed by atoms with E-state index in [9.17, 15) is 0 Å². The van der Waals surface area contributed by atoms with Crippen LogP contribution in [-0.4, -0.2) is 33.4 Å². The Morgan fingerprint density at radius 2 is 1.78 bits per heavy atom. The first kappa shape index (κ1) is 15.1. The minimum absolute atomic E-state index is 0.263. The number of methoxy groups -OCH3 is 3. The van der Waals surface area contributed by atoms with Crippen LogP contribution in [0.4, 0.5) is 0 Å². The molecule has 1 aromatic rings. The normalized spacial score (nSPS) is 11.9. The van der Waals surface area contributed by atoms with E-state index in [1.165, 1.54) is 10.5 Å². The van der Waals surface area contributed by atoms with E-state index in [0.717, 1.165) is 11.5 Å². The smallest absolute Gasteiger partial charge is 0.176 e. The Hall–Kier alpha value is -0.970. The number of hydrogen-bond donors (Lipinski definition) is 0. The molecule has 0 bridgehead atoms. The summed E-state index contributed by atoms with van der Waals surface area (Å²) < 4.78 is 15.4. The van der Waals surface area contributed by atoms with Crippen molar-refractivity contribution >= 4 is 11.8 Å². The second-order valence-electron chi connectivity index (χ2n) is 3.82. The fourth-order valence-electron chi connectivity index (χ4n) is 1.38. The minimum atomic E-state index is -0.263. The molecule has 0 aliphatic rings. The van der Waals surface area contributed by atoms with E-state index < -0.39 is 0 Å². The molecule has 0 saturated carbocycles. The minimum Gasteiger partial charge on any atom is -0.497 e. The van der Waals surface area contributed by atoms with Gasteiger partial charge in [0, 0.05) is 24.9 Å². The second-order valence-corrected chi connectivity index (χ2v) is 4.87. The molecular weight excluding hydrogens is 248 g/mol. The van der Waals surface area contributed by atoms with E-state index in [1.54, 1.807) is 33.1 Å². The highest BCUT2D eigenvalue weighted by Gasteiger charge is 2.02. The lowest BCUT2D eigenvalue weighted by Gasteiger charge is -2.10. The molecule has 4 heteroatoms. The standard InChI is InChI=1S/C14H20O3S/c1-11(9-14(16-3)17-4)10-18-13-7-5-12(15-2)6-8-13/h5-9,14H,10H2,1-4H3/b11-9+. The van der Waals surface area contributed by atoms with Gasteiger partial charge in [-0.05, 0) is 37.3 Å². The van der Waals surface area contributed by atoms with Crippen molar-refractivity contribution in [1.82, 2.24) is 0 Å². The van der Waals surface area contributed by atoms with Crippen molar-refractivity contribution in [1.29, 1.82) is 0 Å². The molecular formula is C14H20O3S. The van der Waals surface area contributed by atoms with Crippen LogP contribution in [0.15, 0.2) is 40.8 Å². The van der Waals surface area contributed by atoms with E-state index in [4.69, 9.17) is 14.2 Å². The number of thioether (sulfide) groups is 1. The van der Waals surface area contributed by atoms with Crippen molar-refractivity contribution in [2.24, 2.45) is 0 Å². The number of ether oxygens (including phenoxy) is 3. The molecule has 3 nitrogen and oxygen atoms in total. The lowest BCUT2D eigenvalue weighted by atomic mass is 10.3. The molecule has 0 fully saturated rings. The predicted molar refractivity (Wildman–Crippen MR) is 75.3 cm³/mol. The van der Waals surface area contributed by atoms with E-state index in [-0.39, 0.29) is 6.29 Å². The van der Waals surface area contributed by atoms with Crippen molar-refractivity contribution in [3.63, 3.8) is 0 Å². The molecule has 0 unspecified atom stereocenters. The molecule has 100 valence electrons. The Labute approximate surface area is 113 Å². The molecule has 1 rings (SSSR count). The Bertz CT molecular complexity index is 369.